The number of fused-ring (bicyclic) bond motifs is 1. The number of hydrogen-bond acceptors (Lipinski definition) is 6. The number of para-hydroxylation sites is 2. The highest BCUT2D eigenvalue weighted by Crippen LogP contribution is 2.37. The van der Waals surface area contributed by atoms with Crippen molar-refractivity contribution in [3.63, 3.8) is 0 Å². The molecular weight excluding hydrogens is 456 g/mol. The fraction of sp³-hybridized carbons (Fsp3) is 0.240. The molecule has 0 aliphatic carbocycles. The SMILES string of the molecule is COc1ccc(S(=O)(=O)N2CC(C(=O)NCCOCc3ccccc3)Oc3ccccc32)cc1. The minimum atomic E-state index is -3.93. The van der Waals surface area contributed by atoms with E-state index in [-0.39, 0.29) is 18.0 Å². The first-order chi connectivity index (χ1) is 16.5. The van der Waals surface area contributed by atoms with Gasteiger partial charge in [-0.05, 0) is 42.0 Å². The van der Waals surface area contributed by atoms with Gasteiger partial charge in [0.15, 0.2) is 6.10 Å². The predicted octanol–water partition coefficient (Wildman–Crippen LogP) is 2.98. The molecule has 1 aliphatic heterocycles. The van der Waals surface area contributed by atoms with Crippen molar-refractivity contribution in [1.29, 1.82) is 0 Å². The Morgan fingerprint density at radius 3 is 2.47 bits per heavy atom. The molecular formula is C25H26N2O6S. The van der Waals surface area contributed by atoms with Crippen molar-refractivity contribution in [1.82, 2.24) is 5.32 Å². The van der Waals surface area contributed by atoms with E-state index in [0.717, 1.165) is 5.56 Å². The van der Waals surface area contributed by atoms with Gasteiger partial charge in [0, 0.05) is 6.54 Å². The molecule has 0 spiro atoms. The Kier molecular flexibility index (Phi) is 7.34. The van der Waals surface area contributed by atoms with Crippen LogP contribution in [-0.4, -0.2) is 47.2 Å². The fourth-order valence-corrected chi connectivity index (χ4v) is 5.04. The highest BCUT2D eigenvalue weighted by atomic mass is 32.2. The molecule has 0 bridgehead atoms. The number of nitrogens with zero attached hydrogens (tertiary/aromatic N) is 1. The predicted molar refractivity (Wildman–Crippen MR) is 127 cm³/mol. The van der Waals surface area contributed by atoms with E-state index in [0.29, 0.717) is 30.4 Å². The van der Waals surface area contributed by atoms with Gasteiger partial charge in [-0.1, -0.05) is 42.5 Å². The van der Waals surface area contributed by atoms with Gasteiger partial charge in [0.25, 0.3) is 15.9 Å². The van der Waals surface area contributed by atoms with Crippen LogP contribution >= 0.6 is 0 Å². The van der Waals surface area contributed by atoms with Gasteiger partial charge in [-0.15, -0.1) is 0 Å². The molecule has 1 aliphatic rings. The van der Waals surface area contributed by atoms with Gasteiger partial charge in [0.05, 0.1) is 37.5 Å². The highest BCUT2D eigenvalue weighted by Gasteiger charge is 2.37. The van der Waals surface area contributed by atoms with Gasteiger partial charge < -0.3 is 19.5 Å². The first-order valence-electron chi connectivity index (χ1n) is 10.8. The average Bonchev–Trinajstić information content (AvgIpc) is 2.88. The van der Waals surface area contributed by atoms with Gasteiger partial charge >= 0.3 is 0 Å². The molecule has 9 heteroatoms. The number of sulfonamides is 1. The Morgan fingerprint density at radius 1 is 1.03 bits per heavy atom. The minimum Gasteiger partial charge on any atom is -0.497 e. The van der Waals surface area contributed by atoms with E-state index in [1.165, 1.54) is 23.5 Å². The molecule has 1 atom stereocenters. The Hall–Kier alpha value is -3.56. The fourth-order valence-electron chi connectivity index (χ4n) is 3.57. The zero-order chi connectivity index (χ0) is 24.0. The van der Waals surface area contributed by atoms with Crippen LogP contribution in [0.2, 0.25) is 0 Å². The summed E-state index contributed by atoms with van der Waals surface area (Å²) in [5.74, 6) is 0.465. The number of amides is 1. The lowest BCUT2D eigenvalue weighted by Gasteiger charge is -2.34. The van der Waals surface area contributed by atoms with Gasteiger partial charge in [0.1, 0.15) is 11.5 Å². The summed E-state index contributed by atoms with van der Waals surface area (Å²) in [5, 5.41) is 2.77. The second kappa shape index (κ2) is 10.6. The Morgan fingerprint density at radius 2 is 1.74 bits per heavy atom. The van der Waals surface area contributed by atoms with Crippen LogP contribution in [0.3, 0.4) is 0 Å². The van der Waals surface area contributed by atoms with E-state index in [1.807, 2.05) is 30.3 Å². The summed E-state index contributed by atoms with van der Waals surface area (Å²) in [6.07, 6.45) is -1.00. The number of carbonyl (C=O) groups is 1. The minimum absolute atomic E-state index is 0.0958. The summed E-state index contributed by atoms with van der Waals surface area (Å²) in [7, 11) is -2.42. The third-order valence-electron chi connectivity index (χ3n) is 5.33. The zero-order valence-electron chi connectivity index (χ0n) is 18.7. The number of ether oxygens (including phenoxy) is 3. The number of carbonyl (C=O) groups excluding carboxylic acids is 1. The van der Waals surface area contributed by atoms with E-state index in [2.05, 4.69) is 5.32 Å². The highest BCUT2D eigenvalue weighted by molar-refractivity contribution is 7.92. The topological polar surface area (TPSA) is 94.2 Å². The molecule has 1 amide bonds. The van der Waals surface area contributed by atoms with Crippen molar-refractivity contribution in [2.45, 2.75) is 17.6 Å². The largest absolute Gasteiger partial charge is 0.497 e. The second-order valence-electron chi connectivity index (χ2n) is 7.62. The molecule has 0 aromatic heterocycles. The zero-order valence-corrected chi connectivity index (χ0v) is 19.5. The Labute approximate surface area is 199 Å². The lowest BCUT2D eigenvalue weighted by molar-refractivity contribution is -0.128. The summed E-state index contributed by atoms with van der Waals surface area (Å²) in [4.78, 5) is 12.9. The molecule has 178 valence electrons. The molecule has 0 fully saturated rings. The summed E-state index contributed by atoms with van der Waals surface area (Å²) in [5.41, 5.74) is 1.42. The lowest BCUT2D eigenvalue weighted by atomic mass is 10.2. The third-order valence-corrected chi connectivity index (χ3v) is 7.13. The van der Waals surface area contributed by atoms with Gasteiger partial charge in [-0.25, -0.2) is 8.42 Å². The number of methoxy groups -OCH3 is 1. The van der Waals surface area contributed by atoms with Crippen LogP contribution in [0.25, 0.3) is 0 Å². The molecule has 4 rings (SSSR count). The monoisotopic (exact) mass is 482 g/mol. The van der Waals surface area contributed by atoms with Crippen LogP contribution < -0.4 is 19.1 Å². The standard InChI is InChI=1S/C25H26N2O6S/c1-31-20-11-13-21(14-12-20)34(29,30)27-17-24(33-23-10-6-5-9-22(23)27)25(28)26-15-16-32-18-19-7-3-2-4-8-19/h2-14,24H,15-18H2,1H3,(H,26,28). The molecule has 0 radical (unpaired) electrons. The maximum atomic E-state index is 13.4. The molecule has 0 saturated heterocycles. The number of hydrogen-bond donors (Lipinski definition) is 1. The van der Waals surface area contributed by atoms with Gasteiger partial charge in [-0.2, -0.15) is 0 Å². The molecule has 1 N–H and O–H groups in total. The summed E-state index contributed by atoms with van der Waals surface area (Å²) >= 11 is 0. The van der Waals surface area contributed by atoms with E-state index in [1.54, 1.807) is 36.4 Å². The van der Waals surface area contributed by atoms with Crippen LogP contribution in [0.4, 0.5) is 5.69 Å². The van der Waals surface area contributed by atoms with Crippen molar-refractivity contribution in [2.24, 2.45) is 0 Å². The maximum absolute atomic E-state index is 13.4. The smallest absolute Gasteiger partial charge is 0.264 e. The van der Waals surface area contributed by atoms with Crippen LogP contribution in [0.15, 0.2) is 83.8 Å². The van der Waals surface area contributed by atoms with Crippen molar-refractivity contribution >= 4 is 21.6 Å². The van der Waals surface area contributed by atoms with E-state index in [9.17, 15) is 13.2 Å². The quantitative estimate of drug-likeness (QED) is 0.472. The van der Waals surface area contributed by atoms with Gasteiger partial charge in [0.2, 0.25) is 0 Å². The van der Waals surface area contributed by atoms with E-state index >= 15 is 0 Å². The maximum Gasteiger partial charge on any atom is 0.264 e. The molecule has 3 aromatic carbocycles. The average molecular weight is 483 g/mol. The third kappa shape index (κ3) is 5.32. The van der Waals surface area contributed by atoms with Crippen molar-refractivity contribution < 1.29 is 27.4 Å². The van der Waals surface area contributed by atoms with Gasteiger partial charge in [-0.3, -0.25) is 9.10 Å². The first kappa shape index (κ1) is 23.6. The summed E-state index contributed by atoms with van der Waals surface area (Å²) < 4.78 is 44.6. The van der Waals surface area contributed by atoms with Crippen molar-refractivity contribution in [2.75, 3.05) is 31.1 Å². The molecule has 1 heterocycles. The normalized spacial score (nSPS) is 15.2. The number of benzene rings is 3. The molecule has 1 unspecified atom stereocenters. The Balaban J connectivity index is 1.43. The van der Waals surface area contributed by atoms with Crippen molar-refractivity contribution in [3.8, 4) is 11.5 Å². The van der Waals surface area contributed by atoms with Crippen LogP contribution in [0.5, 0.6) is 11.5 Å². The Bertz CT molecular complexity index is 1220. The molecule has 0 saturated carbocycles. The second-order valence-corrected chi connectivity index (χ2v) is 9.48. The van der Waals surface area contributed by atoms with Crippen LogP contribution in [-0.2, 0) is 26.2 Å². The van der Waals surface area contributed by atoms with E-state index < -0.39 is 22.0 Å². The van der Waals surface area contributed by atoms with E-state index in [4.69, 9.17) is 14.2 Å². The first-order valence-corrected chi connectivity index (χ1v) is 12.2. The lowest BCUT2D eigenvalue weighted by Crippen LogP contribution is -2.51. The summed E-state index contributed by atoms with van der Waals surface area (Å²) in [6, 6.07) is 22.6. The molecule has 8 nitrogen and oxygen atoms in total. The van der Waals surface area contributed by atoms with Crippen LogP contribution in [0.1, 0.15) is 5.56 Å². The number of rotatable bonds is 9. The molecule has 34 heavy (non-hydrogen) atoms. The number of anilines is 1. The van der Waals surface area contributed by atoms with Crippen LogP contribution in [0, 0.1) is 0 Å². The van der Waals surface area contributed by atoms with Crippen molar-refractivity contribution in [3.05, 3.63) is 84.4 Å². The number of nitrogens with one attached hydrogen (secondary N) is 1. The molecule has 3 aromatic rings. The summed E-state index contributed by atoms with van der Waals surface area (Å²) in [6.45, 7) is 0.885.